The van der Waals surface area contributed by atoms with E-state index in [1.807, 2.05) is 0 Å². The lowest BCUT2D eigenvalue weighted by Gasteiger charge is -2.03. The molecule has 0 aromatic heterocycles. The molecule has 0 aromatic carbocycles. The summed E-state index contributed by atoms with van der Waals surface area (Å²) in [5.74, 6) is 0.847. The van der Waals surface area contributed by atoms with Crippen molar-refractivity contribution in [3.05, 3.63) is 0 Å². The van der Waals surface area contributed by atoms with Crippen molar-refractivity contribution >= 4 is 20.2 Å². The van der Waals surface area contributed by atoms with Gasteiger partial charge in [0, 0.05) is 5.88 Å². The first-order valence-electron chi connectivity index (χ1n) is 9.68. The van der Waals surface area contributed by atoms with E-state index < -0.39 is 0 Å². The Hall–Kier alpha value is 0.720. The molecule has 0 aromatic rings. The molecule has 0 aliphatic heterocycles. The highest BCUT2D eigenvalue weighted by Gasteiger charge is 1.94. The highest BCUT2D eigenvalue weighted by Crippen LogP contribution is 2.18. The summed E-state index contributed by atoms with van der Waals surface area (Å²) >= 11 is 5.67. The van der Waals surface area contributed by atoms with Crippen molar-refractivity contribution in [1.82, 2.24) is 0 Å². The molecule has 0 bridgehead atoms. The Labute approximate surface area is 142 Å². The zero-order valence-corrected chi connectivity index (χ0v) is 16.4. The van der Waals surface area contributed by atoms with E-state index in [0.29, 0.717) is 0 Å². The third kappa shape index (κ3) is 20.7. The molecular weight excluding hydrogens is 295 g/mol. The monoisotopic (exact) mass is 334 g/mol. The van der Waals surface area contributed by atoms with Gasteiger partial charge in [0.1, 0.15) is 0 Å². The summed E-state index contributed by atoms with van der Waals surface area (Å²) in [6, 6.07) is 0. The van der Waals surface area contributed by atoms with Crippen LogP contribution in [0, 0.1) is 0 Å². The molecule has 0 saturated heterocycles. The summed E-state index contributed by atoms with van der Waals surface area (Å²) < 4.78 is 0. The maximum Gasteiger partial charge on any atom is 0.0223 e. The van der Waals surface area contributed by atoms with Crippen molar-refractivity contribution in [2.24, 2.45) is 0 Å². The molecular formula is C19H40ClP. The second kappa shape index (κ2) is 20.7. The van der Waals surface area contributed by atoms with E-state index in [-0.39, 0.29) is 0 Å². The van der Waals surface area contributed by atoms with Crippen molar-refractivity contribution in [2.75, 3.05) is 18.2 Å². The van der Waals surface area contributed by atoms with Crippen LogP contribution in [0.2, 0.25) is 0 Å². The number of rotatable bonds is 18. The summed E-state index contributed by atoms with van der Waals surface area (Å²) in [6.45, 7) is 2.30. The molecule has 0 aliphatic rings. The minimum absolute atomic E-state index is 0.847. The van der Waals surface area contributed by atoms with Crippen LogP contribution in [0.15, 0.2) is 0 Å². The Balaban J connectivity index is 2.90. The second-order valence-electron chi connectivity index (χ2n) is 6.39. The number of hydrogen-bond donors (Lipinski definition) is 0. The van der Waals surface area contributed by atoms with Crippen LogP contribution in [-0.2, 0) is 0 Å². The molecule has 0 radical (unpaired) electrons. The van der Waals surface area contributed by atoms with E-state index in [1.54, 1.807) is 0 Å². The van der Waals surface area contributed by atoms with Gasteiger partial charge in [-0.05, 0) is 31.6 Å². The van der Waals surface area contributed by atoms with Crippen LogP contribution in [-0.4, -0.2) is 18.2 Å². The van der Waals surface area contributed by atoms with Gasteiger partial charge in [-0.3, -0.25) is 0 Å². The molecule has 1 atom stereocenters. The number of halogens is 1. The van der Waals surface area contributed by atoms with Crippen molar-refractivity contribution in [3.63, 3.8) is 0 Å². The molecule has 128 valence electrons. The molecule has 0 rings (SSSR count). The second-order valence-corrected chi connectivity index (χ2v) is 8.27. The first kappa shape index (κ1) is 21.7. The Morgan fingerprint density at radius 2 is 0.905 bits per heavy atom. The maximum absolute atomic E-state index is 5.67. The zero-order valence-electron chi connectivity index (χ0n) is 14.6. The lowest BCUT2D eigenvalue weighted by molar-refractivity contribution is 0.555. The van der Waals surface area contributed by atoms with Crippen molar-refractivity contribution in [2.45, 2.75) is 103 Å². The average Bonchev–Trinajstić information content (AvgIpc) is 2.50. The fraction of sp³-hybridized carbons (Fsp3) is 1.00. The van der Waals surface area contributed by atoms with Crippen LogP contribution in [0.4, 0.5) is 0 Å². The minimum Gasteiger partial charge on any atom is -0.127 e. The molecule has 2 heteroatoms. The fourth-order valence-electron chi connectivity index (χ4n) is 2.74. The van der Waals surface area contributed by atoms with Crippen molar-refractivity contribution in [1.29, 1.82) is 0 Å². The third-order valence-corrected chi connectivity index (χ3v) is 5.88. The third-order valence-electron chi connectivity index (χ3n) is 4.19. The standard InChI is InChI=1S/C19H40ClP/c1-2-3-4-15-18-21-19-16-13-11-9-7-5-6-8-10-12-14-17-20/h21H,2-19H2,1H3. The van der Waals surface area contributed by atoms with Gasteiger partial charge in [0.15, 0.2) is 0 Å². The van der Waals surface area contributed by atoms with Crippen LogP contribution in [0.5, 0.6) is 0 Å². The molecule has 0 amide bonds. The summed E-state index contributed by atoms with van der Waals surface area (Å²) in [4.78, 5) is 0. The van der Waals surface area contributed by atoms with Crippen LogP contribution >= 0.6 is 20.2 Å². The van der Waals surface area contributed by atoms with Crippen LogP contribution < -0.4 is 0 Å². The summed E-state index contributed by atoms with van der Waals surface area (Å²) in [5.41, 5.74) is 0. The largest absolute Gasteiger partial charge is 0.127 e. The highest BCUT2D eigenvalue weighted by atomic mass is 35.5. The van der Waals surface area contributed by atoms with Gasteiger partial charge in [0.2, 0.25) is 0 Å². The predicted molar refractivity (Wildman–Crippen MR) is 104 cm³/mol. The highest BCUT2D eigenvalue weighted by molar-refractivity contribution is 7.37. The molecule has 0 fully saturated rings. The van der Waals surface area contributed by atoms with Crippen LogP contribution in [0.3, 0.4) is 0 Å². The van der Waals surface area contributed by atoms with Gasteiger partial charge in [0.25, 0.3) is 0 Å². The first-order valence-corrected chi connectivity index (χ1v) is 11.6. The summed E-state index contributed by atoms with van der Waals surface area (Å²) in [5, 5.41) is 0. The van der Waals surface area contributed by atoms with E-state index >= 15 is 0 Å². The number of unbranched alkanes of at least 4 members (excludes halogenated alkanes) is 13. The van der Waals surface area contributed by atoms with E-state index in [9.17, 15) is 0 Å². The molecule has 1 unspecified atom stereocenters. The SMILES string of the molecule is CCCCCCPCCCCCCCCCCCCCCl. The molecule has 0 spiro atoms. The van der Waals surface area contributed by atoms with Gasteiger partial charge in [-0.25, -0.2) is 0 Å². The minimum atomic E-state index is 0.847. The molecule has 0 heterocycles. The van der Waals surface area contributed by atoms with E-state index in [2.05, 4.69) is 6.92 Å². The lowest BCUT2D eigenvalue weighted by Crippen LogP contribution is -1.85. The fourth-order valence-corrected chi connectivity index (χ4v) is 4.18. The number of alkyl halides is 1. The number of hydrogen-bond acceptors (Lipinski definition) is 0. The van der Waals surface area contributed by atoms with Gasteiger partial charge < -0.3 is 0 Å². The van der Waals surface area contributed by atoms with Crippen molar-refractivity contribution < 1.29 is 0 Å². The smallest absolute Gasteiger partial charge is 0.0223 e. The van der Waals surface area contributed by atoms with E-state index in [0.717, 1.165) is 5.88 Å². The Morgan fingerprint density at radius 1 is 0.524 bits per heavy atom. The summed E-state index contributed by atoms with van der Waals surface area (Å²) in [7, 11) is 1.25. The molecule has 0 N–H and O–H groups in total. The van der Waals surface area contributed by atoms with E-state index in [1.165, 1.54) is 117 Å². The Morgan fingerprint density at radius 3 is 1.33 bits per heavy atom. The van der Waals surface area contributed by atoms with Gasteiger partial charge >= 0.3 is 0 Å². The molecule has 0 saturated carbocycles. The quantitative estimate of drug-likeness (QED) is 0.136. The van der Waals surface area contributed by atoms with Gasteiger partial charge in [-0.2, -0.15) is 0 Å². The first-order chi connectivity index (χ1) is 10.4. The Bertz CT molecular complexity index is 155. The normalized spacial score (nSPS) is 11.7. The van der Waals surface area contributed by atoms with Gasteiger partial charge in [0.05, 0.1) is 0 Å². The van der Waals surface area contributed by atoms with E-state index in [4.69, 9.17) is 11.6 Å². The molecule has 0 aliphatic carbocycles. The van der Waals surface area contributed by atoms with Crippen LogP contribution in [0.25, 0.3) is 0 Å². The summed E-state index contributed by atoms with van der Waals surface area (Å²) in [6.07, 6.45) is 24.4. The van der Waals surface area contributed by atoms with Gasteiger partial charge in [-0.1, -0.05) is 84.0 Å². The molecule has 21 heavy (non-hydrogen) atoms. The predicted octanol–water partition coefficient (Wildman–Crippen LogP) is 7.78. The topological polar surface area (TPSA) is 0 Å². The maximum atomic E-state index is 5.67. The lowest BCUT2D eigenvalue weighted by atomic mass is 10.1. The zero-order chi connectivity index (χ0) is 15.4. The average molecular weight is 335 g/mol. The van der Waals surface area contributed by atoms with Crippen LogP contribution in [0.1, 0.15) is 103 Å². The Kier molecular flexibility index (Phi) is 21.4. The molecule has 0 nitrogen and oxygen atoms in total. The van der Waals surface area contributed by atoms with Gasteiger partial charge in [-0.15, -0.1) is 20.2 Å². The van der Waals surface area contributed by atoms with Crippen molar-refractivity contribution in [3.8, 4) is 0 Å².